The molecule has 0 spiro atoms. The van der Waals surface area contributed by atoms with Gasteiger partial charge in [-0.3, -0.25) is 4.40 Å². The summed E-state index contributed by atoms with van der Waals surface area (Å²) in [4.78, 5) is 8.56. The minimum Gasteiger partial charge on any atom is -0.464 e. The zero-order valence-electron chi connectivity index (χ0n) is 8.50. The highest BCUT2D eigenvalue weighted by molar-refractivity contribution is 5.73. The topological polar surface area (TPSA) is 69.3 Å². The summed E-state index contributed by atoms with van der Waals surface area (Å²) in [7, 11) is 0. The second-order valence-corrected chi connectivity index (χ2v) is 3.45. The molecule has 0 fully saturated rings. The zero-order valence-corrected chi connectivity index (χ0v) is 8.50. The normalized spacial score (nSPS) is 11.1. The van der Waals surface area contributed by atoms with E-state index in [-0.39, 0.29) is 0 Å². The van der Waals surface area contributed by atoms with Crippen molar-refractivity contribution in [2.75, 3.05) is 0 Å². The number of fused-ring (bicyclic) bond motifs is 1. The van der Waals surface area contributed by atoms with Gasteiger partial charge in [-0.2, -0.15) is 0 Å². The van der Waals surface area contributed by atoms with E-state index >= 15 is 0 Å². The Morgan fingerprint density at radius 2 is 2.38 bits per heavy atom. The van der Waals surface area contributed by atoms with E-state index in [0.29, 0.717) is 6.54 Å². The number of imidazole rings is 1. The summed E-state index contributed by atoms with van der Waals surface area (Å²) in [6.07, 6.45) is 6.94. The largest absolute Gasteiger partial charge is 0.464 e. The molecule has 0 aliphatic carbocycles. The van der Waals surface area contributed by atoms with Crippen molar-refractivity contribution >= 4 is 5.65 Å². The summed E-state index contributed by atoms with van der Waals surface area (Å²) in [6.45, 7) is 0.416. The van der Waals surface area contributed by atoms with Crippen molar-refractivity contribution in [1.82, 2.24) is 14.4 Å². The average Bonchev–Trinajstić information content (AvgIpc) is 2.97. The molecular formula is C11H10N4O. The molecule has 0 bridgehead atoms. The molecular weight excluding hydrogens is 204 g/mol. The molecule has 3 aromatic heterocycles. The third kappa shape index (κ3) is 1.30. The molecule has 0 amide bonds. The van der Waals surface area contributed by atoms with Crippen LogP contribution in [0.15, 0.2) is 41.5 Å². The average molecular weight is 214 g/mol. The Hall–Kier alpha value is -2.14. The van der Waals surface area contributed by atoms with Crippen molar-refractivity contribution in [3.63, 3.8) is 0 Å². The van der Waals surface area contributed by atoms with Gasteiger partial charge in [-0.1, -0.05) is 0 Å². The number of hydrogen-bond donors (Lipinski definition) is 1. The van der Waals surface area contributed by atoms with Crippen LogP contribution in [-0.2, 0) is 6.54 Å². The van der Waals surface area contributed by atoms with Crippen molar-refractivity contribution in [3.05, 3.63) is 42.8 Å². The monoisotopic (exact) mass is 214 g/mol. The smallest absolute Gasteiger partial charge is 0.150 e. The van der Waals surface area contributed by atoms with Gasteiger partial charge >= 0.3 is 0 Å². The molecule has 5 nitrogen and oxygen atoms in total. The van der Waals surface area contributed by atoms with Crippen molar-refractivity contribution < 1.29 is 4.42 Å². The van der Waals surface area contributed by atoms with Gasteiger partial charge in [0.05, 0.1) is 17.5 Å². The molecule has 3 aromatic rings. The molecule has 0 unspecified atom stereocenters. The maximum Gasteiger partial charge on any atom is 0.150 e. The Balaban J connectivity index is 2.28. The molecule has 0 saturated carbocycles. The van der Waals surface area contributed by atoms with E-state index in [1.54, 1.807) is 18.8 Å². The highest BCUT2D eigenvalue weighted by atomic mass is 16.3. The third-order valence-electron chi connectivity index (χ3n) is 2.41. The Morgan fingerprint density at radius 1 is 1.44 bits per heavy atom. The van der Waals surface area contributed by atoms with Gasteiger partial charge in [0.15, 0.2) is 5.65 Å². The Bertz CT molecular complexity index is 612. The molecule has 5 heteroatoms. The fourth-order valence-corrected chi connectivity index (χ4v) is 1.67. The fourth-order valence-electron chi connectivity index (χ4n) is 1.67. The highest BCUT2D eigenvalue weighted by Gasteiger charge is 2.09. The van der Waals surface area contributed by atoms with Crippen LogP contribution in [-0.4, -0.2) is 14.4 Å². The van der Waals surface area contributed by atoms with Gasteiger partial charge in [0.2, 0.25) is 0 Å². The van der Waals surface area contributed by atoms with Crippen LogP contribution in [0.2, 0.25) is 0 Å². The quantitative estimate of drug-likeness (QED) is 0.701. The number of nitrogens with zero attached hydrogens (tertiary/aromatic N) is 3. The second-order valence-electron chi connectivity index (χ2n) is 3.45. The maximum atomic E-state index is 5.56. The molecule has 3 rings (SSSR count). The van der Waals surface area contributed by atoms with Crippen LogP contribution in [0.4, 0.5) is 0 Å². The third-order valence-corrected chi connectivity index (χ3v) is 2.41. The lowest BCUT2D eigenvalue weighted by Crippen LogP contribution is -1.95. The van der Waals surface area contributed by atoms with E-state index in [0.717, 1.165) is 22.7 Å². The van der Waals surface area contributed by atoms with Crippen molar-refractivity contribution in [2.24, 2.45) is 5.73 Å². The first-order chi connectivity index (χ1) is 7.88. The van der Waals surface area contributed by atoms with Crippen molar-refractivity contribution in [3.8, 4) is 11.3 Å². The summed E-state index contributed by atoms with van der Waals surface area (Å²) in [5.74, 6) is 0.757. The predicted molar refractivity (Wildman–Crippen MR) is 58.6 cm³/mol. The minimum absolute atomic E-state index is 0.416. The molecule has 0 saturated heterocycles. The van der Waals surface area contributed by atoms with E-state index in [4.69, 9.17) is 10.2 Å². The summed E-state index contributed by atoms with van der Waals surface area (Å²) in [5.41, 5.74) is 8.08. The van der Waals surface area contributed by atoms with Crippen molar-refractivity contribution in [2.45, 2.75) is 6.54 Å². The highest BCUT2D eigenvalue weighted by Crippen LogP contribution is 2.23. The first-order valence-corrected chi connectivity index (χ1v) is 4.94. The van der Waals surface area contributed by atoms with Gasteiger partial charge in [0, 0.05) is 18.9 Å². The lowest BCUT2D eigenvalue weighted by Gasteiger charge is -1.98. The van der Waals surface area contributed by atoms with E-state index in [9.17, 15) is 0 Å². The maximum absolute atomic E-state index is 5.56. The van der Waals surface area contributed by atoms with Crippen LogP contribution in [0.25, 0.3) is 17.0 Å². The number of hydrogen-bond acceptors (Lipinski definition) is 4. The van der Waals surface area contributed by atoms with Crippen LogP contribution in [0.1, 0.15) is 5.69 Å². The van der Waals surface area contributed by atoms with E-state index < -0.39 is 0 Å². The Morgan fingerprint density at radius 3 is 3.12 bits per heavy atom. The molecule has 0 aromatic carbocycles. The second kappa shape index (κ2) is 3.46. The first kappa shape index (κ1) is 9.11. The molecule has 16 heavy (non-hydrogen) atoms. The number of nitrogens with two attached hydrogens (primary N) is 1. The SMILES string of the molecule is NCc1cn2cncc(-c3ccco3)c2n1. The minimum atomic E-state index is 0.416. The Kier molecular flexibility index (Phi) is 1.97. The van der Waals surface area contributed by atoms with Crippen LogP contribution in [0.5, 0.6) is 0 Å². The van der Waals surface area contributed by atoms with Gasteiger partial charge in [-0.15, -0.1) is 0 Å². The van der Waals surface area contributed by atoms with E-state index in [1.807, 2.05) is 22.7 Å². The zero-order chi connectivity index (χ0) is 11.0. The number of rotatable bonds is 2. The Labute approximate surface area is 91.5 Å². The molecule has 0 atom stereocenters. The molecule has 0 aliphatic rings. The van der Waals surface area contributed by atoms with Crippen molar-refractivity contribution in [1.29, 1.82) is 0 Å². The summed E-state index contributed by atoms with van der Waals surface area (Å²) in [6, 6.07) is 3.72. The van der Waals surface area contributed by atoms with Gasteiger partial charge < -0.3 is 10.2 Å². The predicted octanol–water partition coefficient (Wildman–Crippen LogP) is 1.45. The lowest BCUT2D eigenvalue weighted by molar-refractivity contribution is 0.582. The van der Waals surface area contributed by atoms with Gasteiger partial charge in [0.25, 0.3) is 0 Å². The standard InChI is InChI=1S/C11H10N4O/c12-4-8-6-15-7-13-5-9(11(15)14-8)10-2-1-3-16-10/h1-3,5-7H,4,12H2. The van der Waals surface area contributed by atoms with Gasteiger partial charge in [-0.25, -0.2) is 9.97 Å². The van der Waals surface area contributed by atoms with Gasteiger partial charge in [-0.05, 0) is 12.1 Å². The summed E-state index contributed by atoms with van der Waals surface area (Å²) < 4.78 is 7.19. The number of aromatic nitrogens is 3. The molecule has 80 valence electrons. The summed E-state index contributed by atoms with van der Waals surface area (Å²) >= 11 is 0. The van der Waals surface area contributed by atoms with Crippen LogP contribution >= 0.6 is 0 Å². The van der Waals surface area contributed by atoms with E-state index in [2.05, 4.69) is 9.97 Å². The number of furan rings is 1. The van der Waals surface area contributed by atoms with Crippen LogP contribution < -0.4 is 5.73 Å². The molecule has 0 radical (unpaired) electrons. The molecule has 2 N–H and O–H groups in total. The fraction of sp³-hybridized carbons (Fsp3) is 0.0909. The molecule has 0 aliphatic heterocycles. The first-order valence-electron chi connectivity index (χ1n) is 4.94. The molecule has 3 heterocycles. The summed E-state index contributed by atoms with van der Waals surface area (Å²) in [5, 5.41) is 0. The van der Waals surface area contributed by atoms with Crippen LogP contribution in [0.3, 0.4) is 0 Å². The van der Waals surface area contributed by atoms with E-state index in [1.165, 1.54) is 0 Å². The van der Waals surface area contributed by atoms with Gasteiger partial charge in [0.1, 0.15) is 12.1 Å². The van der Waals surface area contributed by atoms with Crippen LogP contribution in [0, 0.1) is 0 Å². The lowest BCUT2D eigenvalue weighted by atomic mass is 10.2.